The van der Waals surface area contributed by atoms with Crippen molar-refractivity contribution in [1.29, 1.82) is 0 Å². The van der Waals surface area contributed by atoms with Gasteiger partial charge >= 0.3 is 0 Å². The third-order valence-electron chi connectivity index (χ3n) is 3.43. The van der Waals surface area contributed by atoms with Crippen molar-refractivity contribution in [2.75, 3.05) is 7.11 Å². The van der Waals surface area contributed by atoms with Gasteiger partial charge in [-0.2, -0.15) is 0 Å². The van der Waals surface area contributed by atoms with Gasteiger partial charge in [-0.3, -0.25) is 4.79 Å². The maximum absolute atomic E-state index is 12.2. The Hall–Kier alpha value is -2.55. The van der Waals surface area contributed by atoms with Crippen LogP contribution in [0.15, 0.2) is 71.4 Å². The summed E-state index contributed by atoms with van der Waals surface area (Å²) in [5.41, 5.74) is 3.90. The van der Waals surface area contributed by atoms with Gasteiger partial charge in [0.2, 0.25) is 0 Å². The summed E-state index contributed by atoms with van der Waals surface area (Å²) in [4.78, 5) is 12.2. The lowest BCUT2D eigenvalue weighted by Crippen LogP contribution is -2.24. The molecule has 1 aromatic rings. The number of allylic oxidation sites excluding steroid dienone is 6. The summed E-state index contributed by atoms with van der Waals surface area (Å²) >= 11 is 0. The zero-order valence-corrected chi connectivity index (χ0v) is 11.2. The first-order valence-electron chi connectivity index (χ1n) is 6.50. The Labute approximate surface area is 118 Å². The number of carbonyl (C=O) groups excluding carboxylic acids is 1. The highest BCUT2D eigenvalue weighted by molar-refractivity contribution is 6.01. The molecular weight excluding hydrogens is 250 g/mol. The predicted octanol–water partition coefficient (Wildman–Crippen LogP) is 2.67. The van der Waals surface area contributed by atoms with E-state index in [1.807, 2.05) is 54.6 Å². The number of benzene rings is 1. The highest BCUT2D eigenvalue weighted by atomic mass is 16.5. The topological polar surface area (TPSA) is 38.3 Å². The lowest BCUT2D eigenvalue weighted by atomic mass is 10.1. The Bertz CT molecular complexity index is 661. The van der Waals surface area contributed by atoms with Crippen molar-refractivity contribution in [3.8, 4) is 5.75 Å². The van der Waals surface area contributed by atoms with Gasteiger partial charge in [-0.15, -0.1) is 0 Å². The second kappa shape index (κ2) is 5.21. The molecule has 1 amide bonds. The molecule has 0 unspecified atom stereocenters. The third kappa shape index (κ3) is 2.30. The summed E-state index contributed by atoms with van der Waals surface area (Å²) < 4.78 is 5.11. The van der Waals surface area contributed by atoms with Gasteiger partial charge in [0, 0.05) is 12.1 Å². The first-order valence-corrected chi connectivity index (χ1v) is 6.50. The smallest absolute Gasteiger partial charge is 0.252 e. The van der Waals surface area contributed by atoms with E-state index in [1.165, 1.54) is 0 Å². The average molecular weight is 265 g/mol. The van der Waals surface area contributed by atoms with Crippen molar-refractivity contribution in [2.45, 2.75) is 6.54 Å². The Morgan fingerprint density at radius 1 is 1.15 bits per heavy atom. The van der Waals surface area contributed by atoms with E-state index in [1.54, 1.807) is 7.11 Å². The number of ether oxygens (including phenoxy) is 1. The van der Waals surface area contributed by atoms with E-state index in [2.05, 4.69) is 5.32 Å². The molecule has 0 fully saturated rings. The molecular formula is C17H15NO2. The third-order valence-corrected chi connectivity index (χ3v) is 3.43. The molecule has 0 spiro atoms. The lowest BCUT2D eigenvalue weighted by molar-refractivity contribution is -0.117. The van der Waals surface area contributed by atoms with Gasteiger partial charge in [-0.05, 0) is 34.9 Å². The fourth-order valence-corrected chi connectivity index (χ4v) is 2.31. The van der Waals surface area contributed by atoms with Gasteiger partial charge in [-0.25, -0.2) is 0 Å². The minimum absolute atomic E-state index is 0.0398. The van der Waals surface area contributed by atoms with Gasteiger partial charge in [0.25, 0.3) is 5.91 Å². The Kier molecular flexibility index (Phi) is 3.25. The quantitative estimate of drug-likeness (QED) is 0.909. The van der Waals surface area contributed by atoms with Crippen LogP contribution in [0.1, 0.15) is 5.56 Å². The summed E-state index contributed by atoms with van der Waals surface area (Å²) in [6, 6.07) is 7.67. The Morgan fingerprint density at radius 3 is 2.70 bits per heavy atom. The van der Waals surface area contributed by atoms with E-state index < -0.39 is 0 Å². The summed E-state index contributed by atoms with van der Waals surface area (Å²) in [6.07, 6.45) is 9.78. The number of fused-ring (bicyclic) bond motifs is 1. The van der Waals surface area contributed by atoms with Crippen molar-refractivity contribution in [3.63, 3.8) is 0 Å². The minimum atomic E-state index is -0.0398. The first kappa shape index (κ1) is 12.5. The van der Waals surface area contributed by atoms with E-state index in [0.717, 1.165) is 28.0 Å². The van der Waals surface area contributed by atoms with Crippen molar-refractivity contribution in [2.24, 2.45) is 0 Å². The van der Waals surface area contributed by atoms with Crippen LogP contribution in [0.2, 0.25) is 0 Å². The van der Waals surface area contributed by atoms with Crippen LogP contribution in [0.4, 0.5) is 0 Å². The summed E-state index contributed by atoms with van der Waals surface area (Å²) in [5, 5.41) is 2.94. The molecule has 0 saturated carbocycles. The molecule has 1 aromatic carbocycles. The summed E-state index contributed by atoms with van der Waals surface area (Å²) in [5.74, 6) is 0.775. The number of hydrogen-bond donors (Lipinski definition) is 1. The van der Waals surface area contributed by atoms with E-state index in [-0.39, 0.29) is 5.91 Å². The van der Waals surface area contributed by atoms with Crippen LogP contribution in [0, 0.1) is 0 Å². The van der Waals surface area contributed by atoms with Crippen LogP contribution in [-0.4, -0.2) is 13.0 Å². The van der Waals surface area contributed by atoms with Crippen molar-refractivity contribution in [3.05, 3.63) is 76.9 Å². The van der Waals surface area contributed by atoms with Gasteiger partial charge < -0.3 is 10.1 Å². The van der Waals surface area contributed by atoms with Crippen LogP contribution < -0.4 is 10.1 Å². The molecule has 0 heterocycles. The predicted molar refractivity (Wildman–Crippen MR) is 78.2 cm³/mol. The number of carbonyl (C=O) groups is 1. The molecule has 3 heteroatoms. The molecule has 3 rings (SSSR count). The maximum atomic E-state index is 12.2. The summed E-state index contributed by atoms with van der Waals surface area (Å²) in [6.45, 7) is 0.510. The molecule has 0 aliphatic heterocycles. The highest BCUT2D eigenvalue weighted by Crippen LogP contribution is 2.30. The fraction of sp³-hybridized carbons (Fsp3) is 0.118. The van der Waals surface area contributed by atoms with Crippen molar-refractivity contribution in [1.82, 2.24) is 5.32 Å². The monoisotopic (exact) mass is 265 g/mol. The molecule has 20 heavy (non-hydrogen) atoms. The van der Waals surface area contributed by atoms with Crippen LogP contribution >= 0.6 is 0 Å². The molecule has 2 aliphatic carbocycles. The van der Waals surface area contributed by atoms with Crippen LogP contribution in [0.3, 0.4) is 0 Å². The molecule has 0 aromatic heterocycles. The molecule has 0 atom stereocenters. The molecule has 0 bridgehead atoms. The van der Waals surface area contributed by atoms with Crippen molar-refractivity contribution < 1.29 is 9.53 Å². The molecule has 1 N–H and O–H groups in total. The van der Waals surface area contributed by atoms with E-state index >= 15 is 0 Å². The molecule has 3 nitrogen and oxygen atoms in total. The number of rotatable bonds is 4. The van der Waals surface area contributed by atoms with Gasteiger partial charge in [0.1, 0.15) is 5.75 Å². The van der Waals surface area contributed by atoms with Gasteiger partial charge in [0.15, 0.2) is 0 Å². The van der Waals surface area contributed by atoms with Gasteiger partial charge in [0.05, 0.1) is 7.11 Å². The summed E-state index contributed by atoms with van der Waals surface area (Å²) in [7, 11) is 1.64. The van der Waals surface area contributed by atoms with Crippen LogP contribution in [-0.2, 0) is 11.3 Å². The average Bonchev–Trinajstić information content (AvgIpc) is 3.08. The van der Waals surface area contributed by atoms with Crippen molar-refractivity contribution >= 4 is 5.91 Å². The number of amides is 1. The lowest BCUT2D eigenvalue weighted by Gasteiger charge is -2.08. The van der Waals surface area contributed by atoms with E-state index in [0.29, 0.717) is 6.54 Å². The number of methoxy groups -OCH3 is 1. The fourth-order valence-electron chi connectivity index (χ4n) is 2.31. The second-order valence-electron chi connectivity index (χ2n) is 4.67. The zero-order valence-electron chi connectivity index (χ0n) is 11.2. The highest BCUT2D eigenvalue weighted by Gasteiger charge is 2.21. The number of nitrogens with one attached hydrogen (secondary N) is 1. The Balaban J connectivity index is 1.60. The minimum Gasteiger partial charge on any atom is -0.497 e. The standard InChI is InChI=1S/C17H15NO2/c1-20-14-8-5-12(6-9-14)11-18-17(19)16-10-7-13-3-2-4-15(13)16/h2-10H,11H2,1H3,(H,18,19). The Morgan fingerprint density at radius 2 is 1.95 bits per heavy atom. The normalized spacial score (nSPS) is 15.3. The first-order chi connectivity index (χ1) is 9.78. The largest absolute Gasteiger partial charge is 0.497 e. The number of hydrogen-bond acceptors (Lipinski definition) is 2. The zero-order chi connectivity index (χ0) is 13.9. The van der Waals surface area contributed by atoms with Gasteiger partial charge in [-0.1, -0.05) is 36.4 Å². The van der Waals surface area contributed by atoms with Crippen LogP contribution in [0.25, 0.3) is 0 Å². The SMILES string of the molecule is COc1ccc(CNC(=O)C2=CC=C3C=CC=C32)cc1. The molecule has 100 valence electrons. The van der Waals surface area contributed by atoms with Crippen LogP contribution in [0.5, 0.6) is 5.75 Å². The second-order valence-corrected chi connectivity index (χ2v) is 4.67. The molecule has 2 aliphatic rings. The molecule has 0 saturated heterocycles. The molecule has 0 radical (unpaired) electrons. The van der Waals surface area contributed by atoms with E-state index in [9.17, 15) is 4.79 Å². The van der Waals surface area contributed by atoms with E-state index in [4.69, 9.17) is 4.74 Å². The maximum Gasteiger partial charge on any atom is 0.252 e.